The number of hydrogen-bond acceptors (Lipinski definition) is 3. The van der Waals surface area contributed by atoms with Crippen LogP contribution in [0.3, 0.4) is 0 Å². The molecule has 0 aliphatic heterocycles. The number of aliphatic hydroxyl groups is 1. The van der Waals surface area contributed by atoms with Crippen molar-refractivity contribution in [1.82, 2.24) is 10.6 Å². The van der Waals surface area contributed by atoms with E-state index in [2.05, 4.69) is 16.7 Å². The van der Waals surface area contributed by atoms with E-state index in [9.17, 15) is 14.7 Å². The molecule has 0 saturated heterocycles. The van der Waals surface area contributed by atoms with E-state index >= 15 is 0 Å². The number of carbonyl (C=O) groups excluding carboxylic acids is 2. The molecule has 3 rings (SSSR count). The molecule has 0 unspecified atom stereocenters. The number of benzene rings is 2. The molecule has 0 radical (unpaired) electrons. The number of amides is 2. The van der Waals surface area contributed by atoms with E-state index in [0.29, 0.717) is 12.8 Å². The van der Waals surface area contributed by atoms with Gasteiger partial charge >= 0.3 is 0 Å². The van der Waals surface area contributed by atoms with E-state index < -0.39 is 0 Å². The van der Waals surface area contributed by atoms with E-state index in [-0.39, 0.29) is 36.9 Å². The normalized spacial score (nSPS) is 18.2. The number of fused-ring (bicyclic) bond motifs is 1. The molecule has 2 aromatic carbocycles. The SMILES string of the molecule is Cc1ccc(CCC(=O)NCC(=O)N[C@@H]2c3ccccc3CC[C@H]2CO)cc1. The van der Waals surface area contributed by atoms with Gasteiger partial charge in [-0.1, -0.05) is 54.1 Å². The first-order valence-corrected chi connectivity index (χ1v) is 9.87. The highest BCUT2D eigenvalue weighted by Crippen LogP contribution is 2.34. The van der Waals surface area contributed by atoms with Crippen LogP contribution < -0.4 is 10.6 Å². The average molecular weight is 380 g/mol. The van der Waals surface area contributed by atoms with Crippen LogP contribution in [0.4, 0.5) is 0 Å². The van der Waals surface area contributed by atoms with Crippen molar-refractivity contribution in [3.05, 3.63) is 70.8 Å². The third-order valence-corrected chi connectivity index (χ3v) is 5.40. The molecular weight excluding hydrogens is 352 g/mol. The maximum Gasteiger partial charge on any atom is 0.239 e. The molecule has 5 nitrogen and oxygen atoms in total. The largest absolute Gasteiger partial charge is 0.396 e. The van der Waals surface area contributed by atoms with E-state index in [4.69, 9.17) is 0 Å². The predicted molar refractivity (Wildman–Crippen MR) is 109 cm³/mol. The lowest BCUT2D eigenvalue weighted by molar-refractivity contribution is -0.126. The van der Waals surface area contributed by atoms with Crippen LogP contribution in [-0.2, 0) is 22.4 Å². The van der Waals surface area contributed by atoms with Crippen LogP contribution in [0.5, 0.6) is 0 Å². The van der Waals surface area contributed by atoms with Gasteiger partial charge in [-0.25, -0.2) is 0 Å². The number of carbonyl (C=O) groups is 2. The van der Waals surface area contributed by atoms with Crippen LogP contribution in [0.25, 0.3) is 0 Å². The third-order valence-electron chi connectivity index (χ3n) is 5.40. The van der Waals surface area contributed by atoms with Gasteiger partial charge in [0.25, 0.3) is 0 Å². The average Bonchev–Trinajstić information content (AvgIpc) is 2.72. The lowest BCUT2D eigenvalue weighted by Crippen LogP contribution is -2.43. The molecule has 3 N–H and O–H groups in total. The Morgan fingerprint density at radius 2 is 1.82 bits per heavy atom. The molecule has 1 aliphatic carbocycles. The minimum absolute atomic E-state index is 0.00362. The number of hydrogen-bond donors (Lipinski definition) is 3. The molecule has 0 bridgehead atoms. The summed E-state index contributed by atoms with van der Waals surface area (Å²) in [5.74, 6) is -0.376. The summed E-state index contributed by atoms with van der Waals surface area (Å²) in [5, 5.41) is 15.4. The van der Waals surface area contributed by atoms with E-state index in [1.807, 2.05) is 49.4 Å². The molecule has 0 aromatic heterocycles. The van der Waals surface area contributed by atoms with Crippen LogP contribution >= 0.6 is 0 Å². The zero-order valence-electron chi connectivity index (χ0n) is 16.3. The molecule has 2 atom stereocenters. The minimum Gasteiger partial charge on any atom is -0.396 e. The summed E-state index contributed by atoms with van der Waals surface area (Å²) in [6.45, 7) is 2.01. The Kier molecular flexibility index (Phi) is 6.82. The van der Waals surface area contributed by atoms with E-state index in [0.717, 1.165) is 24.0 Å². The van der Waals surface area contributed by atoms with Crippen molar-refractivity contribution in [3.8, 4) is 0 Å². The Hall–Kier alpha value is -2.66. The van der Waals surface area contributed by atoms with Gasteiger partial charge in [-0.05, 0) is 42.9 Å². The zero-order valence-corrected chi connectivity index (χ0v) is 16.3. The molecular formula is C23H28N2O3. The molecule has 5 heteroatoms. The topological polar surface area (TPSA) is 78.4 Å². The standard InChI is InChI=1S/C23H28N2O3/c1-16-6-8-17(9-7-16)10-13-21(27)24-14-22(28)25-23-19(15-26)12-11-18-4-2-3-5-20(18)23/h2-9,19,23,26H,10-15H2,1H3,(H,24,27)(H,25,28)/t19-,23-/m0/s1. The first-order chi connectivity index (χ1) is 13.6. The van der Waals surface area contributed by atoms with Gasteiger partial charge in [0.05, 0.1) is 12.6 Å². The Bertz CT molecular complexity index is 817. The second-order valence-electron chi connectivity index (χ2n) is 7.49. The van der Waals surface area contributed by atoms with Gasteiger partial charge in [0.1, 0.15) is 0 Å². The fraction of sp³-hybridized carbons (Fsp3) is 0.391. The molecule has 2 aromatic rings. The van der Waals surface area contributed by atoms with E-state index in [1.165, 1.54) is 11.1 Å². The van der Waals surface area contributed by atoms with Gasteiger partial charge in [0.15, 0.2) is 0 Å². The molecule has 148 valence electrons. The lowest BCUT2D eigenvalue weighted by atomic mass is 9.80. The Morgan fingerprint density at radius 3 is 2.57 bits per heavy atom. The molecule has 0 saturated carbocycles. The van der Waals surface area contributed by atoms with Crippen LogP contribution in [0, 0.1) is 12.8 Å². The van der Waals surface area contributed by atoms with Crippen molar-refractivity contribution in [1.29, 1.82) is 0 Å². The number of nitrogens with one attached hydrogen (secondary N) is 2. The summed E-state index contributed by atoms with van der Waals surface area (Å²) < 4.78 is 0. The minimum atomic E-state index is -0.233. The van der Waals surface area contributed by atoms with Crippen LogP contribution in [-0.4, -0.2) is 30.1 Å². The third kappa shape index (κ3) is 5.20. The predicted octanol–water partition coefficient (Wildman–Crippen LogP) is 2.46. The van der Waals surface area contributed by atoms with Crippen molar-refractivity contribution < 1.29 is 14.7 Å². The van der Waals surface area contributed by atoms with Crippen molar-refractivity contribution in [2.45, 2.75) is 38.6 Å². The summed E-state index contributed by atoms with van der Waals surface area (Å²) in [7, 11) is 0. The monoisotopic (exact) mass is 380 g/mol. The highest BCUT2D eigenvalue weighted by atomic mass is 16.3. The smallest absolute Gasteiger partial charge is 0.239 e. The maximum atomic E-state index is 12.4. The van der Waals surface area contributed by atoms with Gasteiger partial charge in [0, 0.05) is 18.9 Å². The molecule has 0 spiro atoms. The van der Waals surface area contributed by atoms with Gasteiger partial charge in [-0.2, -0.15) is 0 Å². The second-order valence-corrected chi connectivity index (χ2v) is 7.49. The summed E-state index contributed by atoms with van der Waals surface area (Å²) in [6.07, 6.45) is 2.74. The summed E-state index contributed by atoms with van der Waals surface area (Å²) in [6, 6.07) is 15.9. The van der Waals surface area contributed by atoms with Crippen LogP contribution in [0.15, 0.2) is 48.5 Å². The van der Waals surface area contributed by atoms with Crippen molar-refractivity contribution in [3.63, 3.8) is 0 Å². The Labute approximate surface area is 166 Å². The van der Waals surface area contributed by atoms with Crippen molar-refractivity contribution >= 4 is 11.8 Å². The quantitative estimate of drug-likeness (QED) is 0.690. The summed E-state index contributed by atoms with van der Waals surface area (Å²) in [4.78, 5) is 24.5. The van der Waals surface area contributed by atoms with Gasteiger partial charge in [-0.3, -0.25) is 9.59 Å². The molecule has 1 aliphatic rings. The fourth-order valence-electron chi connectivity index (χ4n) is 3.72. The van der Waals surface area contributed by atoms with Gasteiger partial charge in [-0.15, -0.1) is 0 Å². The molecule has 0 fully saturated rings. The van der Waals surface area contributed by atoms with Crippen molar-refractivity contribution in [2.24, 2.45) is 5.92 Å². The Morgan fingerprint density at radius 1 is 1.07 bits per heavy atom. The number of rotatable bonds is 7. The first kappa shape index (κ1) is 20.1. The molecule has 2 amide bonds. The summed E-state index contributed by atoms with van der Waals surface area (Å²) in [5.41, 5.74) is 4.57. The molecule has 28 heavy (non-hydrogen) atoms. The number of aryl methyl sites for hydroxylation is 3. The lowest BCUT2D eigenvalue weighted by Gasteiger charge is -2.33. The maximum absolute atomic E-state index is 12.4. The van der Waals surface area contributed by atoms with E-state index in [1.54, 1.807) is 0 Å². The van der Waals surface area contributed by atoms with Crippen LogP contribution in [0.1, 0.15) is 41.1 Å². The zero-order chi connectivity index (χ0) is 19.9. The van der Waals surface area contributed by atoms with Gasteiger partial charge in [0.2, 0.25) is 11.8 Å². The number of aliphatic hydroxyl groups excluding tert-OH is 1. The highest BCUT2D eigenvalue weighted by Gasteiger charge is 2.30. The fourth-order valence-corrected chi connectivity index (χ4v) is 3.72. The van der Waals surface area contributed by atoms with Crippen LogP contribution in [0.2, 0.25) is 0 Å². The van der Waals surface area contributed by atoms with Crippen molar-refractivity contribution in [2.75, 3.05) is 13.2 Å². The second kappa shape index (κ2) is 9.51. The summed E-state index contributed by atoms with van der Waals surface area (Å²) >= 11 is 0. The van der Waals surface area contributed by atoms with Gasteiger partial charge < -0.3 is 15.7 Å². The molecule has 0 heterocycles. The Balaban J connectivity index is 1.49. The highest BCUT2D eigenvalue weighted by molar-refractivity contribution is 5.85. The first-order valence-electron chi connectivity index (χ1n) is 9.87.